The Balaban J connectivity index is 3.04. The Labute approximate surface area is 92.8 Å². The molecule has 0 fully saturated rings. The molecule has 3 atom stereocenters. The maximum atomic E-state index is 9.31. The summed E-state index contributed by atoms with van der Waals surface area (Å²) in [5.41, 5.74) is 0.791. The molecule has 0 aliphatic heterocycles. The molecule has 0 aromatic carbocycles. The van der Waals surface area contributed by atoms with Gasteiger partial charge in [0.25, 0.3) is 0 Å². The van der Waals surface area contributed by atoms with Crippen molar-refractivity contribution >= 4 is 0 Å². The lowest BCUT2D eigenvalue weighted by Crippen LogP contribution is -2.26. The summed E-state index contributed by atoms with van der Waals surface area (Å²) >= 11 is 0. The van der Waals surface area contributed by atoms with Crippen LogP contribution in [0.4, 0.5) is 0 Å². The molecule has 1 heteroatoms. The van der Waals surface area contributed by atoms with E-state index in [9.17, 15) is 5.26 Å². The maximum absolute atomic E-state index is 9.31. The second-order valence-electron chi connectivity index (χ2n) is 4.66. The van der Waals surface area contributed by atoms with E-state index in [2.05, 4.69) is 38.3 Å². The Morgan fingerprint density at radius 3 is 2.87 bits per heavy atom. The quantitative estimate of drug-likeness (QED) is 0.591. The van der Waals surface area contributed by atoms with Gasteiger partial charge in [-0.05, 0) is 31.6 Å². The summed E-state index contributed by atoms with van der Waals surface area (Å²) in [6.07, 6.45) is 7.90. The van der Waals surface area contributed by atoms with Crippen LogP contribution in [0.5, 0.6) is 0 Å². The minimum atomic E-state index is -0.349. The first-order valence-corrected chi connectivity index (χ1v) is 5.41. The average molecular weight is 201 g/mol. The zero-order valence-corrected chi connectivity index (χ0v) is 9.66. The molecular weight excluding hydrogens is 182 g/mol. The molecule has 1 unspecified atom stereocenters. The molecule has 0 spiro atoms. The van der Waals surface area contributed by atoms with Crippen molar-refractivity contribution in [3.8, 4) is 6.07 Å². The van der Waals surface area contributed by atoms with Gasteiger partial charge >= 0.3 is 0 Å². The normalized spacial score (nSPS) is 38.6. The van der Waals surface area contributed by atoms with Crippen LogP contribution in [0.25, 0.3) is 0 Å². The molecule has 0 amide bonds. The van der Waals surface area contributed by atoms with Gasteiger partial charge in [-0.25, -0.2) is 0 Å². The minimum Gasteiger partial charge on any atom is -0.198 e. The van der Waals surface area contributed by atoms with E-state index < -0.39 is 0 Å². The third-order valence-corrected chi connectivity index (χ3v) is 3.41. The van der Waals surface area contributed by atoms with E-state index in [-0.39, 0.29) is 11.3 Å². The van der Waals surface area contributed by atoms with E-state index in [0.29, 0.717) is 5.92 Å². The number of nitrogens with zero attached hydrogens (tertiary/aromatic N) is 1. The van der Waals surface area contributed by atoms with Gasteiger partial charge in [0.05, 0.1) is 11.5 Å². The Kier molecular flexibility index (Phi) is 3.52. The Morgan fingerprint density at radius 2 is 2.33 bits per heavy atom. The fourth-order valence-corrected chi connectivity index (χ4v) is 2.07. The van der Waals surface area contributed by atoms with Gasteiger partial charge in [-0.15, -0.1) is 6.58 Å². The first-order chi connectivity index (χ1) is 7.03. The van der Waals surface area contributed by atoms with Crippen molar-refractivity contribution in [1.82, 2.24) is 0 Å². The Hall–Kier alpha value is -1.29. The van der Waals surface area contributed by atoms with Crippen LogP contribution in [0.3, 0.4) is 0 Å². The van der Waals surface area contributed by atoms with E-state index in [1.54, 1.807) is 0 Å². The van der Waals surface area contributed by atoms with Crippen molar-refractivity contribution in [3.05, 3.63) is 37.0 Å². The summed E-state index contributed by atoms with van der Waals surface area (Å²) in [4.78, 5) is 0. The van der Waals surface area contributed by atoms with Crippen molar-refractivity contribution in [2.45, 2.75) is 26.7 Å². The largest absolute Gasteiger partial charge is 0.198 e. The molecule has 0 aromatic heterocycles. The van der Waals surface area contributed by atoms with Crippen LogP contribution in [0, 0.1) is 28.6 Å². The van der Waals surface area contributed by atoms with Crippen LogP contribution < -0.4 is 0 Å². The van der Waals surface area contributed by atoms with Crippen LogP contribution >= 0.6 is 0 Å². The molecule has 0 bridgehead atoms. The molecule has 1 rings (SSSR count). The highest BCUT2D eigenvalue weighted by Gasteiger charge is 2.33. The summed E-state index contributed by atoms with van der Waals surface area (Å²) in [5.74, 6) is 0.603. The summed E-state index contributed by atoms with van der Waals surface area (Å²) in [6, 6.07) is 2.43. The smallest absolute Gasteiger partial charge is 0.0696 e. The maximum Gasteiger partial charge on any atom is 0.0696 e. The van der Waals surface area contributed by atoms with Gasteiger partial charge in [0, 0.05) is 0 Å². The van der Waals surface area contributed by atoms with Crippen LogP contribution in [0.1, 0.15) is 26.7 Å². The zero-order chi connectivity index (χ0) is 11.5. The van der Waals surface area contributed by atoms with Crippen molar-refractivity contribution in [2.75, 3.05) is 0 Å². The highest BCUT2D eigenvalue weighted by atomic mass is 14.4. The first-order valence-electron chi connectivity index (χ1n) is 5.41. The van der Waals surface area contributed by atoms with Gasteiger partial charge in [0.1, 0.15) is 0 Å². The molecule has 0 saturated heterocycles. The van der Waals surface area contributed by atoms with Gasteiger partial charge in [-0.2, -0.15) is 5.26 Å². The van der Waals surface area contributed by atoms with Crippen molar-refractivity contribution < 1.29 is 0 Å². The van der Waals surface area contributed by atoms with Gasteiger partial charge in [0.15, 0.2) is 0 Å². The standard InChI is InChI=1S/C14H19N/c1-5-13-8-6-7-11(2)12(3)9-14(13,4)10-15/h5-7,11,13H,1,3,8-9H2,2,4H3/b7-6-/t11?,13-,14-/m1/s1. The number of rotatable bonds is 1. The van der Waals surface area contributed by atoms with Crippen LogP contribution in [-0.2, 0) is 0 Å². The first kappa shape index (κ1) is 11.8. The SMILES string of the molecule is C=C[C@@H]1C/C=C\C(C)C(=C)C[C@]1(C)C#N. The Morgan fingerprint density at radius 1 is 1.67 bits per heavy atom. The van der Waals surface area contributed by atoms with Crippen molar-refractivity contribution in [2.24, 2.45) is 17.3 Å². The number of nitriles is 1. The van der Waals surface area contributed by atoms with Crippen molar-refractivity contribution in [3.63, 3.8) is 0 Å². The van der Waals surface area contributed by atoms with E-state index in [4.69, 9.17) is 0 Å². The number of allylic oxidation sites excluding steroid dienone is 4. The molecule has 0 heterocycles. The van der Waals surface area contributed by atoms with Crippen LogP contribution in [-0.4, -0.2) is 0 Å². The molecule has 0 radical (unpaired) electrons. The summed E-state index contributed by atoms with van der Waals surface area (Å²) in [6.45, 7) is 12.0. The third kappa shape index (κ3) is 2.39. The predicted molar refractivity (Wildman–Crippen MR) is 64.1 cm³/mol. The molecule has 0 saturated carbocycles. The minimum absolute atomic E-state index is 0.225. The molecule has 0 N–H and O–H groups in total. The fraction of sp³-hybridized carbons (Fsp3) is 0.500. The van der Waals surface area contributed by atoms with E-state index in [0.717, 1.165) is 18.4 Å². The molecular formula is C14H19N. The second-order valence-corrected chi connectivity index (χ2v) is 4.66. The molecule has 0 aromatic rings. The predicted octanol–water partition coefficient (Wildman–Crippen LogP) is 3.86. The zero-order valence-electron chi connectivity index (χ0n) is 9.66. The van der Waals surface area contributed by atoms with E-state index in [1.165, 1.54) is 0 Å². The summed E-state index contributed by atoms with van der Waals surface area (Å²) in [7, 11) is 0. The topological polar surface area (TPSA) is 23.8 Å². The second kappa shape index (κ2) is 4.49. The molecule has 15 heavy (non-hydrogen) atoms. The van der Waals surface area contributed by atoms with Crippen molar-refractivity contribution in [1.29, 1.82) is 5.26 Å². The third-order valence-electron chi connectivity index (χ3n) is 3.41. The lowest BCUT2D eigenvalue weighted by Gasteiger charge is -2.32. The summed E-state index contributed by atoms with van der Waals surface area (Å²) in [5, 5.41) is 9.31. The van der Waals surface area contributed by atoms with E-state index >= 15 is 0 Å². The monoisotopic (exact) mass is 201 g/mol. The summed E-state index contributed by atoms with van der Waals surface area (Å²) < 4.78 is 0. The van der Waals surface area contributed by atoms with Gasteiger partial charge in [0.2, 0.25) is 0 Å². The fourth-order valence-electron chi connectivity index (χ4n) is 2.07. The van der Waals surface area contributed by atoms with Gasteiger partial charge in [-0.3, -0.25) is 0 Å². The number of hydrogen-bond acceptors (Lipinski definition) is 1. The number of hydrogen-bond donors (Lipinski definition) is 0. The van der Waals surface area contributed by atoms with Gasteiger partial charge in [-0.1, -0.05) is 37.3 Å². The Bertz CT molecular complexity index is 332. The lowest BCUT2D eigenvalue weighted by molar-refractivity contribution is 0.308. The highest BCUT2D eigenvalue weighted by molar-refractivity contribution is 5.20. The van der Waals surface area contributed by atoms with Crippen LogP contribution in [0.15, 0.2) is 37.0 Å². The molecule has 80 valence electrons. The lowest BCUT2D eigenvalue weighted by atomic mass is 9.69. The molecule has 1 aliphatic rings. The van der Waals surface area contributed by atoms with Crippen LogP contribution in [0.2, 0.25) is 0 Å². The molecule has 1 nitrogen and oxygen atoms in total. The van der Waals surface area contributed by atoms with Gasteiger partial charge < -0.3 is 0 Å². The highest BCUT2D eigenvalue weighted by Crippen LogP contribution is 2.39. The van der Waals surface area contributed by atoms with E-state index in [1.807, 2.05) is 13.0 Å². The molecule has 1 aliphatic carbocycles. The average Bonchev–Trinajstić information content (AvgIpc) is 2.22.